The molecule has 10 heavy (non-hydrogen) atoms. The summed E-state index contributed by atoms with van der Waals surface area (Å²) in [6, 6.07) is 0. The summed E-state index contributed by atoms with van der Waals surface area (Å²) in [4.78, 5) is 17.9. The molecular weight excluding hydrogens is 166 g/mol. The quantitative estimate of drug-likeness (QED) is 0.354. The van der Waals surface area contributed by atoms with Gasteiger partial charge in [-0.15, -0.1) is 4.99 Å². The first-order valence-electron chi connectivity index (χ1n) is 2.10. The maximum Gasteiger partial charge on any atom is 0.305 e. The van der Waals surface area contributed by atoms with Crippen molar-refractivity contribution in [2.75, 3.05) is 0 Å². The number of carbonyl (C=O) groups is 1. The van der Waals surface area contributed by atoms with Gasteiger partial charge in [0, 0.05) is 0 Å². The fourth-order valence-electron chi connectivity index (χ4n) is 0.386. The number of amides is 1. The lowest BCUT2D eigenvalue weighted by atomic mass is 10.7. The van der Waals surface area contributed by atoms with E-state index in [1.165, 1.54) is 0 Å². The van der Waals surface area contributed by atoms with Crippen LogP contribution in [0.2, 0.25) is 0 Å². The van der Waals surface area contributed by atoms with Gasteiger partial charge >= 0.3 is 10.1 Å². The topological polar surface area (TPSA) is 102 Å². The van der Waals surface area contributed by atoms with Crippen molar-refractivity contribution in [1.82, 2.24) is 5.48 Å². The van der Waals surface area contributed by atoms with Crippen molar-refractivity contribution in [1.29, 1.82) is 0 Å². The summed E-state index contributed by atoms with van der Waals surface area (Å²) in [5, 5.41) is 0. The second-order valence-electron chi connectivity index (χ2n) is 1.49. The van der Waals surface area contributed by atoms with E-state index in [-0.39, 0.29) is 0 Å². The van der Waals surface area contributed by atoms with Crippen molar-refractivity contribution >= 4 is 16.0 Å². The average Bonchev–Trinajstić information content (AvgIpc) is 2.11. The molecule has 1 amide bonds. The van der Waals surface area contributed by atoms with Crippen molar-refractivity contribution in [2.24, 2.45) is 0 Å². The summed E-state index contributed by atoms with van der Waals surface area (Å²) in [5.74, 6) is -1.05. The van der Waals surface area contributed by atoms with Gasteiger partial charge in [0.2, 0.25) is 0 Å². The van der Waals surface area contributed by atoms with Gasteiger partial charge in [0.05, 0.1) is 0 Å². The molecule has 0 aromatic heterocycles. The van der Waals surface area contributed by atoms with E-state index in [0.29, 0.717) is 0 Å². The molecule has 0 aromatic rings. The predicted molar refractivity (Wildman–Crippen MR) is 25.6 cm³/mol. The van der Waals surface area contributed by atoms with E-state index in [0.717, 1.165) is 0 Å². The molecule has 0 spiro atoms. The Hall–Kier alpha value is -0.700. The lowest BCUT2D eigenvalue weighted by Gasteiger charge is -1.95. The molecule has 1 rings (SSSR count). The number of carbonyl (C=O) groups excluding carboxylic acids is 1. The molecule has 1 unspecified atom stereocenters. The van der Waals surface area contributed by atoms with Gasteiger partial charge in [0.25, 0.3) is 11.3 Å². The first kappa shape index (κ1) is 7.41. The van der Waals surface area contributed by atoms with Crippen LogP contribution in [0.4, 0.5) is 0 Å². The van der Waals surface area contributed by atoms with Crippen molar-refractivity contribution < 1.29 is 27.6 Å². The Bertz CT molecular complexity index is 242. The molecule has 0 saturated carbocycles. The van der Waals surface area contributed by atoms with Gasteiger partial charge in [-0.05, 0) is 0 Å². The van der Waals surface area contributed by atoms with Gasteiger partial charge in [0.15, 0.2) is 0 Å². The Kier molecular flexibility index (Phi) is 1.60. The normalized spacial score (nSPS) is 26.5. The van der Waals surface area contributed by atoms with E-state index >= 15 is 0 Å². The molecule has 2 N–H and O–H groups in total. The van der Waals surface area contributed by atoms with E-state index in [1.54, 1.807) is 5.48 Å². The fourth-order valence-corrected chi connectivity index (χ4v) is 0.843. The second-order valence-corrected chi connectivity index (χ2v) is 2.95. The zero-order valence-electron chi connectivity index (χ0n) is 4.47. The highest BCUT2D eigenvalue weighted by Crippen LogP contribution is 2.06. The van der Waals surface area contributed by atoms with Gasteiger partial charge in [-0.1, -0.05) is 0 Å². The maximum atomic E-state index is 10.3. The van der Waals surface area contributed by atoms with Gasteiger partial charge in [-0.2, -0.15) is 18.8 Å². The minimum Gasteiger partial charge on any atom is -0.283 e. The van der Waals surface area contributed by atoms with Gasteiger partial charge in [-0.25, -0.2) is 0 Å². The molecule has 1 heterocycles. The Morgan fingerprint density at radius 3 is 2.40 bits per heavy atom. The summed E-state index contributed by atoms with van der Waals surface area (Å²) in [7, 11) is -4.51. The van der Waals surface area contributed by atoms with E-state index in [2.05, 4.69) is 9.88 Å². The van der Waals surface area contributed by atoms with Crippen molar-refractivity contribution in [3.63, 3.8) is 0 Å². The predicted octanol–water partition coefficient (Wildman–Crippen LogP) is -1.81. The van der Waals surface area contributed by atoms with Crippen LogP contribution in [0.15, 0.2) is 0 Å². The fraction of sp³-hybridized carbons (Fsp3) is 0.500. The van der Waals surface area contributed by atoms with Crippen molar-refractivity contribution in [2.45, 2.75) is 5.44 Å². The molecule has 58 valence electrons. The minimum atomic E-state index is -4.51. The van der Waals surface area contributed by atoms with Crippen LogP contribution >= 0.6 is 0 Å². The number of nitrogens with one attached hydrogen (secondary N) is 1. The van der Waals surface area contributed by atoms with Crippen molar-refractivity contribution in [3.8, 4) is 0 Å². The summed E-state index contributed by atoms with van der Waals surface area (Å²) in [6.07, 6.45) is 0. The van der Waals surface area contributed by atoms with Crippen LogP contribution in [0.1, 0.15) is 0 Å². The smallest absolute Gasteiger partial charge is 0.283 e. The van der Waals surface area contributed by atoms with E-state index < -0.39 is 21.5 Å². The Balaban J connectivity index is 2.84. The molecule has 0 aliphatic carbocycles. The summed E-state index contributed by atoms with van der Waals surface area (Å²) >= 11 is 0. The third-order valence-electron chi connectivity index (χ3n) is 0.762. The zero-order valence-corrected chi connectivity index (χ0v) is 5.29. The molecular formula is C2H3NO6S. The molecule has 1 atom stereocenters. The molecule has 0 aromatic carbocycles. The van der Waals surface area contributed by atoms with Gasteiger partial charge < -0.3 is 0 Å². The lowest BCUT2D eigenvalue weighted by Crippen LogP contribution is -2.30. The van der Waals surface area contributed by atoms with Crippen LogP contribution in [0.5, 0.6) is 0 Å². The lowest BCUT2D eigenvalue weighted by molar-refractivity contribution is -0.294. The highest BCUT2D eigenvalue weighted by atomic mass is 32.2. The molecule has 0 bridgehead atoms. The Morgan fingerprint density at radius 2 is 2.20 bits per heavy atom. The van der Waals surface area contributed by atoms with E-state index in [4.69, 9.17) is 4.55 Å². The second kappa shape index (κ2) is 2.16. The third kappa shape index (κ3) is 1.24. The molecule has 1 saturated heterocycles. The zero-order chi connectivity index (χ0) is 7.78. The number of hydrogen-bond acceptors (Lipinski definition) is 5. The molecule has 1 aliphatic rings. The summed E-state index contributed by atoms with van der Waals surface area (Å²) < 4.78 is 28.5. The van der Waals surface area contributed by atoms with Crippen molar-refractivity contribution in [3.05, 3.63) is 0 Å². The monoisotopic (exact) mass is 169 g/mol. The summed E-state index contributed by atoms with van der Waals surface area (Å²) in [5.41, 5.74) is -0.389. The largest absolute Gasteiger partial charge is 0.305 e. The average molecular weight is 169 g/mol. The van der Waals surface area contributed by atoms with Crippen LogP contribution < -0.4 is 5.48 Å². The van der Waals surface area contributed by atoms with Crippen LogP contribution in [-0.4, -0.2) is 24.3 Å². The highest BCUT2D eigenvalue weighted by molar-refractivity contribution is 7.87. The third-order valence-corrected chi connectivity index (χ3v) is 1.60. The Morgan fingerprint density at radius 1 is 1.60 bits per heavy atom. The molecule has 0 radical (unpaired) electrons. The van der Waals surface area contributed by atoms with Gasteiger partial charge in [-0.3, -0.25) is 9.35 Å². The van der Waals surface area contributed by atoms with Crippen LogP contribution in [0.3, 0.4) is 0 Å². The van der Waals surface area contributed by atoms with Crippen LogP contribution in [0.25, 0.3) is 0 Å². The van der Waals surface area contributed by atoms with Gasteiger partial charge in [0.1, 0.15) is 0 Å². The number of rotatable bonds is 1. The number of hydroxylamine groups is 1. The maximum absolute atomic E-state index is 10.3. The minimum absolute atomic E-state index is 1.05. The Labute approximate surface area is 55.5 Å². The van der Waals surface area contributed by atoms with E-state index in [9.17, 15) is 13.2 Å². The standard InChI is InChI=1S/C2H3NO6S/c4-1-2(8-9-3-1)10(5,6)7/h2H,(H,3,4)(H,5,6,7). The van der Waals surface area contributed by atoms with Crippen LogP contribution in [-0.2, 0) is 24.8 Å². The van der Waals surface area contributed by atoms with Crippen LogP contribution in [0, 0.1) is 0 Å². The summed E-state index contributed by atoms with van der Waals surface area (Å²) in [6.45, 7) is 0. The molecule has 1 fully saturated rings. The molecule has 7 nitrogen and oxygen atoms in total. The first-order chi connectivity index (χ1) is 4.52. The molecule has 8 heteroatoms. The number of hydrogen-bond donors (Lipinski definition) is 2. The van der Waals surface area contributed by atoms with E-state index in [1.807, 2.05) is 0 Å². The SMILES string of the molecule is O=C1NOOC1S(=O)(=O)O. The molecule has 1 aliphatic heterocycles. The highest BCUT2D eigenvalue weighted by Gasteiger charge is 2.38. The first-order valence-corrected chi connectivity index (χ1v) is 3.60.